The summed E-state index contributed by atoms with van der Waals surface area (Å²) in [5.74, 6) is -0.221. The zero-order valence-corrected chi connectivity index (χ0v) is 8.81. The zero-order chi connectivity index (χ0) is 8.97. The van der Waals surface area contributed by atoms with Crippen molar-refractivity contribution in [3.05, 3.63) is 8.92 Å². The van der Waals surface area contributed by atoms with Crippen LogP contribution in [0.15, 0.2) is 3.92 Å². The number of halogens is 1. The first-order chi connectivity index (χ1) is 5.72. The average Bonchev–Trinajstić information content (AvgIpc) is 2.47. The molecular weight excluding hydrogens is 244 g/mol. The van der Waals surface area contributed by atoms with Crippen LogP contribution in [-0.2, 0) is 16.0 Å². The second-order valence-electron chi connectivity index (χ2n) is 2.02. The van der Waals surface area contributed by atoms with Crippen LogP contribution in [0, 0.1) is 0 Å². The van der Waals surface area contributed by atoms with Crippen molar-refractivity contribution in [3.63, 3.8) is 0 Å². The highest BCUT2D eigenvalue weighted by atomic mass is 79.9. The molecule has 0 aliphatic heterocycles. The minimum Gasteiger partial charge on any atom is -0.469 e. The number of hydrogen-bond donors (Lipinski definition) is 0. The van der Waals surface area contributed by atoms with Gasteiger partial charge in [0.2, 0.25) is 0 Å². The fraction of sp³-hybridized carbons (Fsp3) is 0.500. The Morgan fingerprint density at radius 1 is 1.67 bits per heavy atom. The van der Waals surface area contributed by atoms with Gasteiger partial charge in [0.25, 0.3) is 0 Å². The molecule has 0 aromatic carbocycles. The van der Waals surface area contributed by atoms with Crippen molar-refractivity contribution in [2.45, 2.75) is 12.8 Å². The summed E-state index contributed by atoms with van der Waals surface area (Å²) in [5.41, 5.74) is 0. The van der Waals surface area contributed by atoms with Gasteiger partial charge in [-0.3, -0.25) is 4.79 Å². The van der Waals surface area contributed by atoms with Crippen molar-refractivity contribution in [1.29, 1.82) is 0 Å². The van der Waals surface area contributed by atoms with Crippen molar-refractivity contribution < 1.29 is 9.53 Å². The summed E-state index contributed by atoms with van der Waals surface area (Å²) in [6.07, 6.45) is 0.952. The van der Waals surface area contributed by atoms with Crippen molar-refractivity contribution in [2.24, 2.45) is 0 Å². The van der Waals surface area contributed by atoms with Crippen LogP contribution >= 0.6 is 27.3 Å². The maximum absolute atomic E-state index is 10.7. The van der Waals surface area contributed by atoms with Crippen molar-refractivity contribution in [3.8, 4) is 0 Å². The zero-order valence-electron chi connectivity index (χ0n) is 6.41. The molecule has 0 saturated carbocycles. The Morgan fingerprint density at radius 2 is 2.42 bits per heavy atom. The fourth-order valence-corrected chi connectivity index (χ4v) is 1.85. The van der Waals surface area contributed by atoms with Crippen LogP contribution < -0.4 is 0 Å². The number of ether oxygens (including phenoxy) is 1. The number of esters is 1. The van der Waals surface area contributed by atoms with E-state index in [1.54, 1.807) is 0 Å². The minimum absolute atomic E-state index is 0.221. The van der Waals surface area contributed by atoms with E-state index < -0.39 is 0 Å². The van der Waals surface area contributed by atoms with E-state index in [0.717, 1.165) is 8.92 Å². The third-order valence-corrected chi connectivity index (χ3v) is 2.63. The monoisotopic (exact) mass is 250 g/mol. The third-order valence-electron chi connectivity index (χ3n) is 1.21. The maximum atomic E-state index is 10.7. The molecule has 0 amide bonds. The molecule has 6 heteroatoms. The number of methoxy groups -OCH3 is 1. The van der Waals surface area contributed by atoms with E-state index in [0.29, 0.717) is 12.8 Å². The molecule has 1 aromatic heterocycles. The van der Waals surface area contributed by atoms with E-state index in [9.17, 15) is 4.79 Å². The van der Waals surface area contributed by atoms with E-state index in [1.807, 2.05) is 0 Å². The summed E-state index contributed by atoms with van der Waals surface area (Å²) in [7, 11) is 1.37. The normalized spacial score (nSPS) is 9.83. The van der Waals surface area contributed by atoms with Gasteiger partial charge in [-0.2, -0.15) is 0 Å². The maximum Gasteiger partial charge on any atom is 0.305 e. The molecule has 0 aliphatic rings. The summed E-state index contributed by atoms with van der Waals surface area (Å²) in [5, 5.41) is 8.43. The predicted octanol–water partition coefficient (Wildman–Crippen LogP) is 1.41. The van der Waals surface area contributed by atoms with Crippen LogP contribution in [0.1, 0.15) is 11.4 Å². The minimum atomic E-state index is -0.221. The van der Waals surface area contributed by atoms with Crippen molar-refractivity contribution in [1.82, 2.24) is 10.2 Å². The van der Waals surface area contributed by atoms with Crippen LogP contribution in [0.2, 0.25) is 0 Å². The number of aryl methyl sites for hydroxylation is 1. The van der Waals surface area contributed by atoms with Crippen LogP contribution in [0.25, 0.3) is 0 Å². The molecule has 1 aromatic rings. The number of rotatable bonds is 3. The fourth-order valence-electron chi connectivity index (χ4n) is 0.645. The Hall–Kier alpha value is -0.490. The number of aromatic nitrogens is 2. The topological polar surface area (TPSA) is 52.1 Å². The number of carbonyl (C=O) groups is 1. The number of hydrogen-bond acceptors (Lipinski definition) is 5. The molecule has 12 heavy (non-hydrogen) atoms. The molecule has 1 rings (SSSR count). The standard InChI is InChI=1S/C6H7BrN2O2S/c1-11-5(10)3-2-4-8-9-6(7)12-4/h2-3H2,1H3. The van der Waals surface area contributed by atoms with Crippen LogP contribution in [0.5, 0.6) is 0 Å². The van der Waals surface area contributed by atoms with Gasteiger partial charge in [-0.1, -0.05) is 11.3 Å². The molecule has 0 bridgehead atoms. The lowest BCUT2D eigenvalue weighted by Gasteiger charge is -1.94. The molecule has 0 fully saturated rings. The van der Waals surface area contributed by atoms with Gasteiger partial charge in [0.05, 0.1) is 13.5 Å². The van der Waals surface area contributed by atoms with Gasteiger partial charge in [-0.15, -0.1) is 10.2 Å². The first-order valence-electron chi connectivity index (χ1n) is 3.27. The van der Waals surface area contributed by atoms with E-state index in [1.165, 1.54) is 18.4 Å². The lowest BCUT2D eigenvalue weighted by molar-refractivity contribution is -0.140. The molecule has 0 radical (unpaired) electrons. The second-order valence-corrected chi connectivity index (χ2v) is 4.36. The largest absolute Gasteiger partial charge is 0.469 e. The van der Waals surface area contributed by atoms with E-state index in [4.69, 9.17) is 0 Å². The predicted molar refractivity (Wildman–Crippen MR) is 47.9 cm³/mol. The molecule has 0 unspecified atom stereocenters. The SMILES string of the molecule is COC(=O)CCc1nnc(Br)s1. The van der Waals surface area contributed by atoms with Gasteiger partial charge in [-0.05, 0) is 15.9 Å². The van der Waals surface area contributed by atoms with Crippen LogP contribution in [0.4, 0.5) is 0 Å². The Bertz CT molecular complexity index is 276. The highest BCUT2D eigenvalue weighted by Crippen LogP contribution is 2.16. The van der Waals surface area contributed by atoms with E-state index >= 15 is 0 Å². The molecule has 4 nitrogen and oxygen atoms in total. The lowest BCUT2D eigenvalue weighted by Crippen LogP contribution is -2.01. The van der Waals surface area contributed by atoms with Gasteiger partial charge in [0.15, 0.2) is 3.92 Å². The first kappa shape index (κ1) is 9.60. The van der Waals surface area contributed by atoms with Crippen molar-refractivity contribution in [2.75, 3.05) is 7.11 Å². The quantitative estimate of drug-likeness (QED) is 0.762. The van der Waals surface area contributed by atoms with Crippen molar-refractivity contribution >= 4 is 33.2 Å². The van der Waals surface area contributed by atoms with Gasteiger partial charge < -0.3 is 4.74 Å². The average molecular weight is 251 g/mol. The smallest absolute Gasteiger partial charge is 0.305 e. The Morgan fingerprint density at radius 3 is 2.92 bits per heavy atom. The Kier molecular flexibility index (Phi) is 3.61. The molecule has 0 aliphatic carbocycles. The summed E-state index contributed by atoms with van der Waals surface area (Å²) >= 11 is 4.61. The summed E-state index contributed by atoms with van der Waals surface area (Å²) in [6.45, 7) is 0. The highest BCUT2D eigenvalue weighted by Gasteiger charge is 2.05. The van der Waals surface area contributed by atoms with Crippen LogP contribution in [-0.4, -0.2) is 23.3 Å². The summed E-state index contributed by atoms with van der Waals surface area (Å²) in [6, 6.07) is 0. The van der Waals surface area contributed by atoms with E-state index in [-0.39, 0.29) is 5.97 Å². The van der Waals surface area contributed by atoms with Crippen LogP contribution in [0.3, 0.4) is 0 Å². The molecular formula is C6H7BrN2O2S. The van der Waals surface area contributed by atoms with E-state index in [2.05, 4.69) is 30.9 Å². The third kappa shape index (κ3) is 2.86. The molecule has 66 valence electrons. The Labute approximate surface area is 82.1 Å². The summed E-state index contributed by atoms with van der Waals surface area (Å²) in [4.78, 5) is 10.7. The molecule has 1 heterocycles. The van der Waals surface area contributed by atoms with Gasteiger partial charge >= 0.3 is 5.97 Å². The summed E-state index contributed by atoms with van der Waals surface area (Å²) < 4.78 is 5.22. The molecule has 0 saturated heterocycles. The van der Waals surface area contributed by atoms with Gasteiger partial charge in [0.1, 0.15) is 5.01 Å². The highest BCUT2D eigenvalue weighted by molar-refractivity contribution is 9.11. The molecule has 0 atom stereocenters. The Balaban J connectivity index is 2.38. The van der Waals surface area contributed by atoms with Gasteiger partial charge in [-0.25, -0.2) is 0 Å². The number of nitrogens with zero attached hydrogens (tertiary/aromatic N) is 2. The molecule has 0 N–H and O–H groups in total. The first-order valence-corrected chi connectivity index (χ1v) is 4.88. The van der Waals surface area contributed by atoms with Gasteiger partial charge in [0, 0.05) is 6.42 Å². The number of carbonyl (C=O) groups excluding carboxylic acids is 1. The lowest BCUT2D eigenvalue weighted by atomic mass is 10.3. The molecule has 0 spiro atoms. The second kappa shape index (κ2) is 4.51.